The molecule has 0 unspecified atom stereocenters. The number of hydrogen-bond acceptors (Lipinski definition) is 2. The third-order valence-electron chi connectivity index (χ3n) is 2.65. The Morgan fingerprint density at radius 3 is 2.50 bits per heavy atom. The largest absolute Gasteiger partial charge is 0.385 e. The fourth-order valence-corrected chi connectivity index (χ4v) is 1.65. The summed E-state index contributed by atoms with van der Waals surface area (Å²) in [7, 11) is 1.66. The van der Waals surface area contributed by atoms with Gasteiger partial charge in [-0.05, 0) is 24.1 Å². The van der Waals surface area contributed by atoms with Crippen LogP contribution in [0, 0.1) is 6.92 Å². The Morgan fingerprint density at radius 2 is 1.88 bits per heavy atom. The zero-order chi connectivity index (χ0) is 11.7. The molecule has 1 heterocycles. The predicted molar refractivity (Wildman–Crippen MR) is 66.3 cm³/mol. The van der Waals surface area contributed by atoms with E-state index in [4.69, 9.17) is 5.73 Å². The van der Waals surface area contributed by atoms with E-state index in [0.717, 1.165) is 16.7 Å². The van der Waals surface area contributed by atoms with E-state index in [1.807, 2.05) is 37.3 Å². The summed E-state index contributed by atoms with van der Waals surface area (Å²) in [4.78, 5) is 11.6. The molecule has 0 radical (unpaired) electrons. The van der Waals surface area contributed by atoms with E-state index in [1.54, 1.807) is 13.1 Å². The predicted octanol–water partition coefficient (Wildman–Crippen LogP) is 1.94. The first kappa shape index (κ1) is 10.5. The van der Waals surface area contributed by atoms with Crippen LogP contribution < -0.4 is 11.3 Å². The minimum absolute atomic E-state index is 0.0866. The van der Waals surface area contributed by atoms with Gasteiger partial charge in [0.25, 0.3) is 5.56 Å². The third-order valence-corrected chi connectivity index (χ3v) is 2.65. The highest BCUT2D eigenvalue weighted by Crippen LogP contribution is 2.20. The highest BCUT2D eigenvalue weighted by atomic mass is 16.1. The Hall–Kier alpha value is -2.03. The van der Waals surface area contributed by atoms with Crippen molar-refractivity contribution < 1.29 is 0 Å². The average Bonchev–Trinajstić information content (AvgIpc) is 2.25. The molecule has 3 nitrogen and oxygen atoms in total. The number of pyridine rings is 1. The highest BCUT2D eigenvalue weighted by molar-refractivity contribution is 5.66. The Balaban J connectivity index is 2.61. The number of nitrogens with two attached hydrogens (primary N) is 1. The van der Waals surface area contributed by atoms with Gasteiger partial charge in [0.15, 0.2) is 0 Å². The maximum absolute atomic E-state index is 11.6. The van der Waals surface area contributed by atoms with Crippen LogP contribution in [0.2, 0.25) is 0 Å². The second kappa shape index (κ2) is 3.85. The van der Waals surface area contributed by atoms with Gasteiger partial charge < -0.3 is 5.73 Å². The zero-order valence-electron chi connectivity index (χ0n) is 9.40. The lowest BCUT2D eigenvalue weighted by atomic mass is 10.0. The molecule has 2 aromatic rings. The quantitative estimate of drug-likeness (QED) is 0.788. The van der Waals surface area contributed by atoms with Gasteiger partial charge in [0.1, 0.15) is 5.82 Å². The molecular formula is C13H14N2O. The lowest BCUT2D eigenvalue weighted by Crippen LogP contribution is -2.18. The van der Waals surface area contributed by atoms with Crippen LogP contribution in [0.1, 0.15) is 5.56 Å². The van der Waals surface area contributed by atoms with E-state index in [9.17, 15) is 4.79 Å². The second-order valence-corrected chi connectivity index (χ2v) is 3.94. The molecule has 82 valence electrons. The summed E-state index contributed by atoms with van der Waals surface area (Å²) in [5.41, 5.74) is 8.72. The van der Waals surface area contributed by atoms with Crippen LogP contribution in [0.3, 0.4) is 0 Å². The van der Waals surface area contributed by atoms with E-state index in [2.05, 4.69) is 0 Å². The Kier molecular flexibility index (Phi) is 2.52. The molecule has 0 saturated carbocycles. The smallest absolute Gasteiger partial charge is 0.252 e. The van der Waals surface area contributed by atoms with Crippen molar-refractivity contribution >= 4 is 5.82 Å². The first-order valence-corrected chi connectivity index (χ1v) is 5.11. The average molecular weight is 214 g/mol. The monoisotopic (exact) mass is 214 g/mol. The molecule has 0 saturated heterocycles. The van der Waals surface area contributed by atoms with Crippen LogP contribution in [-0.4, -0.2) is 4.57 Å². The van der Waals surface area contributed by atoms with Gasteiger partial charge in [-0.3, -0.25) is 9.36 Å². The van der Waals surface area contributed by atoms with E-state index in [-0.39, 0.29) is 5.56 Å². The van der Waals surface area contributed by atoms with E-state index in [1.165, 1.54) is 4.57 Å². The normalized spacial score (nSPS) is 10.4. The second-order valence-electron chi connectivity index (χ2n) is 3.94. The molecular weight excluding hydrogens is 200 g/mol. The number of benzene rings is 1. The minimum Gasteiger partial charge on any atom is -0.385 e. The first-order valence-electron chi connectivity index (χ1n) is 5.11. The third kappa shape index (κ3) is 1.84. The molecule has 3 heteroatoms. The van der Waals surface area contributed by atoms with Crippen LogP contribution in [0.4, 0.5) is 5.82 Å². The number of anilines is 1. The molecule has 16 heavy (non-hydrogen) atoms. The molecule has 0 atom stereocenters. The number of aromatic nitrogens is 1. The van der Waals surface area contributed by atoms with Gasteiger partial charge in [0.05, 0.1) is 0 Å². The first-order chi connectivity index (χ1) is 7.58. The summed E-state index contributed by atoms with van der Waals surface area (Å²) in [6.45, 7) is 2.02. The Labute approximate surface area is 94.1 Å². The summed E-state index contributed by atoms with van der Waals surface area (Å²) in [6.07, 6.45) is 0. The van der Waals surface area contributed by atoms with Gasteiger partial charge in [-0.2, -0.15) is 0 Å². The van der Waals surface area contributed by atoms with Crippen molar-refractivity contribution in [2.24, 2.45) is 7.05 Å². The lowest BCUT2D eigenvalue weighted by Gasteiger charge is -2.07. The van der Waals surface area contributed by atoms with Gasteiger partial charge >= 0.3 is 0 Å². The fourth-order valence-electron chi connectivity index (χ4n) is 1.65. The molecule has 0 bridgehead atoms. The molecule has 1 aromatic heterocycles. The van der Waals surface area contributed by atoms with Crippen molar-refractivity contribution in [1.82, 2.24) is 4.57 Å². The van der Waals surface area contributed by atoms with Crippen molar-refractivity contribution in [3.63, 3.8) is 0 Å². The van der Waals surface area contributed by atoms with Crippen molar-refractivity contribution in [2.75, 3.05) is 5.73 Å². The van der Waals surface area contributed by atoms with Crippen molar-refractivity contribution in [3.8, 4) is 11.1 Å². The number of hydrogen-bond donors (Lipinski definition) is 1. The summed E-state index contributed by atoms with van der Waals surface area (Å²) in [5.74, 6) is 0.476. The van der Waals surface area contributed by atoms with E-state index in [0.29, 0.717) is 5.82 Å². The number of rotatable bonds is 1. The molecule has 0 aliphatic rings. The molecule has 0 amide bonds. The van der Waals surface area contributed by atoms with Crippen molar-refractivity contribution in [1.29, 1.82) is 0 Å². The summed E-state index contributed by atoms with van der Waals surface area (Å²) >= 11 is 0. The minimum atomic E-state index is -0.0866. The van der Waals surface area contributed by atoms with Crippen molar-refractivity contribution in [2.45, 2.75) is 6.92 Å². The highest BCUT2D eigenvalue weighted by Gasteiger charge is 2.03. The van der Waals surface area contributed by atoms with Crippen LogP contribution in [-0.2, 0) is 7.05 Å². The van der Waals surface area contributed by atoms with Gasteiger partial charge in [0, 0.05) is 13.1 Å². The summed E-state index contributed by atoms with van der Waals surface area (Å²) < 4.78 is 1.43. The number of nitrogen functional groups attached to an aromatic ring is 1. The van der Waals surface area contributed by atoms with Crippen LogP contribution in [0.25, 0.3) is 11.1 Å². The van der Waals surface area contributed by atoms with Crippen LogP contribution in [0.5, 0.6) is 0 Å². The number of aryl methyl sites for hydroxylation is 1. The molecule has 2 N–H and O–H groups in total. The Morgan fingerprint density at radius 1 is 1.12 bits per heavy atom. The number of nitrogens with zero attached hydrogens (tertiary/aromatic N) is 1. The van der Waals surface area contributed by atoms with Gasteiger partial charge in [-0.15, -0.1) is 0 Å². The van der Waals surface area contributed by atoms with Crippen molar-refractivity contribution in [3.05, 3.63) is 52.3 Å². The van der Waals surface area contributed by atoms with Crippen LogP contribution in [0.15, 0.2) is 41.2 Å². The molecule has 0 spiro atoms. The Bertz CT molecular complexity index is 585. The standard InChI is InChI=1S/C13H14N2O/c1-9-4-3-5-10(6-9)11-7-12(14)15(2)13(16)8-11/h3-8H,14H2,1-2H3. The van der Waals surface area contributed by atoms with E-state index < -0.39 is 0 Å². The lowest BCUT2D eigenvalue weighted by molar-refractivity contribution is 0.876. The topological polar surface area (TPSA) is 48.0 Å². The van der Waals surface area contributed by atoms with Gasteiger partial charge in [-0.25, -0.2) is 0 Å². The summed E-state index contributed by atoms with van der Waals surface area (Å²) in [6, 6.07) is 11.4. The molecule has 0 aliphatic carbocycles. The molecule has 0 aliphatic heterocycles. The van der Waals surface area contributed by atoms with Gasteiger partial charge in [0.2, 0.25) is 0 Å². The summed E-state index contributed by atoms with van der Waals surface area (Å²) in [5, 5.41) is 0. The van der Waals surface area contributed by atoms with E-state index >= 15 is 0 Å². The van der Waals surface area contributed by atoms with Crippen LogP contribution >= 0.6 is 0 Å². The maximum Gasteiger partial charge on any atom is 0.252 e. The molecule has 0 fully saturated rings. The maximum atomic E-state index is 11.6. The molecule has 1 aromatic carbocycles. The molecule has 2 rings (SSSR count). The fraction of sp³-hybridized carbons (Fsp3) is 0.154. The zero-order valence-corrected chi connectivity index (χ0v) is 9.40. The SMILES string of the molecule is Cc1cccc(-c2cc(N)n(C)c(=O)c2)c1. The van der Waals surface area contributed by atoms with Gasteiger partial charge in [-0.1, -0.05) is 29.8 Å².